The third kappa shape index (κ3) is 4.13. The molecule has 0 spiro atoms. The van der Waals surface area contributed by atoms with Gasteiger partial charge in [-0.15, -0.1) is 24.0 Å². The number of guanidine groups is 1. The van der Waals surface area contributed by atoms with E-state index < -0.39 is 0 Å². The maximum absolute atomic E-state index is 5.90. The van der Waals surface area contributed by atoms with Gasteiger partial charge in [0.15, 0.2) is 5.96 Å². The lowest BCUT2D eigenvalue weighted by atomic mass is 9.57. The lowest BCUT2D eigenvalue weighted by Crippen LogP contribution is -2.67. The molecule has 1 aromatic carbocycles. The van der Waals surface area contributed by atoms with Gasteiger partial charge in [0.25, 0.3) is 0 Å². The van der Waals surface area contributed by atoms with Crippen LogP contribution in [-0.4, -0.2) is 31.3 Å². The summed E-state index contributed by atoms with van der Waals surface area (Å²) in [6, 6.07) is 9.01. The summed E-state index contributed by atoms with van der Waals surface area (Å²) in [5.41, 5.74) is 2.86. The first kappa shape index (κ1) is 20.5. The van der Waals surface area contributed by atoms with Crippen LogP contribution in [0.5, 0.6) is 0 Å². The number of hydrogen-bond acceptors (Lipinski definition) is 2. The number of aryl methyl sites for hydroxylation is 1. The van der Waals surface area contributed by atoms with Crippen molar-refractivity contribution in [1.82, 2.24) is 10.6 Å². The summed E-state index contributed by atoms with van der Waals surface area (Å²) in [7, 11) is 0. The van der Waals surface area contributed by atoms with Crippen molar-refractivity contribution in [3.63, 3.8) is 0 Å². The fraction of sp³-hybridized carbons (Fsp3) is 0.650. The van der Waals surface area contributed by atoms with Gasteiger partial charge in [-0.1, -0.05) is 45.0 Å². The maximum Gasteiger partial charge on any atom is 0.191 e. The van der Waals surface area contributed by atoms with Crippen LogP contribution in [-0.2, 0) is 17.7 Å². The fourth-order valence-corrected chi connectivity index (χ4v) is 4.31. The molecule has 0 bridgehead atoms. The zero-order chi connectivity index (χ0) is 17.2. The van der Waals surface area contributed by atoms with Crippen LogP contribution in [0.3, 0.4) is 0 Å². The van der Waals surface area contributed by atoms with Crippen LogP contribution >= 0.6 is 24.0 Å². The zero-order valence-corrected chi connectivity index (χ0v) is 18.2. The molecule has 0 aromatic heterocycles. The Bertz CT molecular complexity index is 602. The van der Waals surface area contributed by atoms with Crippen molar-refractivity contribution in [3.05, 3.63) is 35.4 Å². The second-order valence-electron chi connectivity index (χ2n) is 7.50. The van der Waals surface area contributed by atoms with E-state index in [1.165, 1.54) is 11.1 Å². The number of nitrogens with one attached hydrogen (secondary N) is 2. The number of ether oxygens (including phenoxy) is 1. The van der Waals surface area contributed by atoms with Crippen molar-refractivity contribution < 1.29 is 4.74 Å². The number of aliphatic imine (C=N–C) groups is 1. The molecule has 1 aliphatic carbocycles. The number of hydrogen-bond donors (Lipinski definition) is 2. The molecule has 140 valence electrons. The van der Waals surface area contributed by atoms with Gasteiger partial charge in [-0.25, -0.2) is 4.99 Å². The molecule has 2 N–H and O–H groups in total. The van der Waals surface area contributed by atoms with Gasteiger partial charge in [0.2, 0.25) is 0 Å². The quantitative estimate of drug-likeness (QED) is 0.403. The summed E-state index contributed by atoms with van der Waals surface area (Å²) in [6.45, 7) is 11.4. The molecule has 0 radical (unpaired) electrons. The summed E-state index contributed by atoms with van der Waals surface area (Å²) in [5.74, 6) is 1.54. The summed E-state index contributed by atoms with van der Waals surface area (Å²) < 4.78 is 5.90. The molecule has 1 saturated carbocycles. The molecule has 2 fully saturated rings. The summed E-state index contributed by atoms with van der Waals surface area (Å²) in [4.78, 5) is 4.85. The number of benzene rings is 1. The molecule has 1 aromatic rings. The topological polar surface area (TPSA) is 45.7 Å². The van der Waals surface area contributed by atoms with Crippen molar-refractivity contribution in [2.45, 2.75) is 59.2 Å². The van der Waals surface area contributed by atoms with Crippen LogP contribution < -0.4 is 10.6 Å². The first-order chi connectivity index (χ1) is 11.6. The Morgan fingerprint density at radius 2 is 1.96 bits per heavy atom. The molecule has 3 rings (SSSR count). The van der Waals surface area contributed by atoms with E-state index in [0.29, 0.717) is 18.1 Å². The minimum Gasteiger partial charge on any atom is -0.377 e. The lowest BCUT2D eigenvalue weighted by molar-refractivity contribution is -0.106. The Labute approximate surface area is 169 Å². The molecule has 0 amide bonds. The number of fused-ring (bicyclic) bond motifs is 1. The summed E-state index contributed by atoms with van der Waals surface area (Å²) in [5, 5.41) is 7.09. The van der Waals surface area contributed by atoms with Gasteiger partial charge in [0.1, 0.15) is 0 Å². The largest absolute Gasteiger partial charge is 0.377 e. The molecule has 3 unspecified atom stereocenters. The minimum absolute atomic E-state index is 0. The molecule has 1 heterocycles. The van der Waals surface area contributed by atoms with Gasteiger partial charge in [-0.05, 0) is 30.9 Å². The smallest absolute Gasteiger partial charge is 0.191 e. The molecule has 4 nitrogen and oxygen atoms in total. The van der Waals surface area contributed by atoms with E-state index in [-0.39, 0.29) is 29.4 Å². The highest BCUT2D eigenvalue weighted by atomic mass is 127. The molecule has 3 atom stereocenters. The van der Waals surface area contributed by atoms with Crippen LogP contribution in [0, 0.1) is 11.3 Å². The second kappa shape index (κ2) is 8.71. The lowest BCUT2D eigenvalue weighted by Gasteiger charge is -2.54. The average molecular weight is 457 g/mol. The fourth-order valence-electron chi connectivity index (χ4n) is 4.31. The van der Waals surface area contributed by atoms with Crippen LogP contribution in [0.15, 0.2) is 29.3 Å². The highest BCUT2D eigenvalue weighted by molar-refractivity contribution is 14.0. The Hall–Kier alpha value is -0.820. The van der Waals surface area contributed by atoms with Crippen LogP contribution in [0.4, 0.5) is 0 Å². The third-order valence-corrected chi connectivity index (χ3v) is 5.64. The van der Waals surface area contributed by atoms with E-state index in [2.05, 4.69) is 62.6 Å². The summed E-state index contributed by atoms with van der Waals surface area (Å²) in [6.07, 6.45) is 2.61. The Morgan fingerprint density at radius 3 is 2.64 bits per heavy atom. The first-order valence-electron chi connectivity index (χ1n) is 9.31. The first-order valence-corrected chi connectivity index (χ1v) is 9.31. The van der Waals surface area contributed by atoms with Gasteiger partial charge in [-0.3, -0.25) is 0 Å². The van der Waals surface area contributed by atoms with Gasteiger partial charge >= 0.3 is 0 Å². The van der Waals surface area contributed by atoms with E-state index in [4.69, 9.17) is 9.73 Å². The number of halogens is 1. The van der Waals surface area contributed by atoms with Crippen molar-refractivity contribution in [2.75, 3.05) is 13.2 Å². The SMILES string of the molecule is CCNC(=NCc1ccccc1CC)NC1C2CCOC2C1(C)C.I. The second-order valence-corrected chi connectivity index (χ2v) is 7.50. The van der Waals surface area contributed by atoms with E-state index in [1.807, 2.05) is 0 Å². The predicted octanol–water partition coefficient (Wildman–Crippen LogP) is 3.74. The third-order valence-electron chi connectivity index (χ3n) is 5.64. The molecular weight excluding hydrogens is 425 g/mol. The maximum atomic E-state index is 5.90. The average Bonchev–Trinajstić information content (AvgIpc) is 3.04. The molecule has 2 aliphatic rings. The van der Waals surface area contributed by atoms with Gasteiger partial charge in [0.05, 0.1) is 12.6 Å². The molecule has 1 aliphatic heterocycles. The standard InChI is InChI=1S/C20H31N3O.HI/c1-5-14-9-7-8-10-15(14)13-22-19(21-6-2)23-17-16-11-12-24-18(16)20(17,3)4;/h7-10,16-18H,5-6,11-13H2,1-4H3,(H2,21,22,23);1H. The van der Waals surface area contributed by atoms with E-state index in [1.54, 1.807) is 0 Å². The van der Waals surface area contributed by atoms with Crippen LogP contribution in [0.25, 0.3) is 0 Å². The van der Waals surface area contributed by atoms with Crippen molar-refractivity contribution in [2.24, 2.45) is 16.3 Å². The van der Waals surface area contributed by atoms with E-state index >= 15 is 0 Å². The van der Waals surface area contributed by atoms with Crippen molar-refractivity contribution in [1.29, 1.82) is 0 Å². The Morgan fingerprint density at radius 1 is 1.24 bits per heavy atom. The van der Waals surface area contributed by atoms with Gasteiger partial charge in [0, 0.05) is 30.5 Å². The highest BCUT2D eigenvalue weighted by Crippen LogP contribution is 2.52. The van der Waals surface area contributed by atoms with Crippen molar-refractivity contribution >= 4 is 29.9 Å². The van der Waals surface area contributed by atoms with Gasteiger partial charge in [-0.2, -0.15) is 0 Å². The Kier molecular flexibility index (Phi) is 7.14. The minimum atomic E-state index is 0. The van der Waals surface area contributed by atoms with Crippen LogP contribution in [0.2, 0.25) is 0 Å². The Balaban J connectivity index is 0.00000225. The highest BCUT2D eigenvalue weighted by Gasteiger charge is 2.59. The van der Waals surface area contributed by atoms with Crippen molar-refractivity contribution in [3.8, 4) is 0 Å². The molecule has 1 saturated heterocycles. The predicted molar refractivity (Wildman–Crippen MR) is 115 cm³/mol. The van der Waals surface area contributed by atoms with Gasteiger partial charge < -0.3 is 15.4 Å². The molecule has 25 heavy (non-hydrogen) atoms. The molecular formula is C20H32IN3O. The van der Waals surface area contributed by atoms with Crippen LogP contribution in [0.1, 0.15) is 45.2 Å². The number of rotatable bonds is 5. The zero-order valence-electron chi connectivity index (χ0n) is 15.8. The molecule has 5 heteroatoms. The number of nitrogens with zero attached hydrogens (tertiary/aromatic N) is 1. The summed E-state index contributed by atoms with van der Waals surface area (Å²) >= 11 is 0. The normalized spacial score (nSPS) is 27.0. The monoisotopic (exact) mass is 457 g/mol. The van der Waals surface area contributed by atoms with E-state index in [0.717, 1.165) is 38.5 Å². The van der Waals surface area contributed by atoms with E-state index in [9.17, 15) is 0 Å².